The zero-order chi connectivity index (χ0) is 18.4. The molecule has 0 radical (unpaired) electrons. The number of hydrogen-bond donors (Lipinski definition) is 1. The van der Waals surface area contributed by atoms with E-state index in [4.69, 9.17) is 9.47 Å². The SMILES string of the molecule is COc1cccc(CC(=O)N2CCC(O)(COc3ccccc3)CC2)c1. The zero-order valence-corrected chi connectivity index (χ0v) is 15.1. The van der Waals surface area contributed by atoms with Crippen LogP contribution in [-0.2, 0) is 11.2 Å². The Hall–Kier alpha value is -2.53. The van der Waals surface area contributed by atoms with Crippen LogP contribution in [0.25, 0.3) is 0 Å². The van der Waals surface area contributed by atoms with Crippen molar-refractivity contribution in [3.8, 4) is 11.5 Å². The molecule has 0 spiro atoms. The maximum absolute atomic E-state index is 12.5. The number of piperidine rings is 1. The number of ether oxygens (including phenoxy) is 2. The highest BCUT2D eigenvalue weighted by Crippen LogP contribution is 2.24. The van der Waals surface area contributed by atoms with Crippen LogP contribution in [0, 0.1) is 0 Å². The summed E-state index contributed by atoms with van der Waals surface area (Å²) in [5.74, 6) is 1.57. The molecule has 0 atom stereocenters. The highest BCUT2D eigenvalue weighted by molar-refractivity contribution is 5.79. The van der Waals surface area contributed by atoms with E-state index in [9.17, 15) is 9.90 Å². The predicted octanol–water partition coefficient (Wildman–Crippen LogP) is 2.67. The summed E-state index contributed by atoms with van der Waals surface area (Å²) >= 11 is 0. The standard InChI is InChI=1S/C21H25NO4/c1-25-19-9-5-6-17(14-19)15-20(23)22-12-10-21(24,11-13-22)16-26-18-7-3-2-4-8-18/h2-9,14,24H,10-13,15-16H2,1H3. The molecule has 3 rings (SSSR count). The second kappa shape index (κ2) is 8.23. The van der Waals surface area contributed by atoms with Gasteiger partial charge in [-0.2, -0.15) is 0 Å². The fourth-order valence-corrected chi connectivity index (χ4v) is 3.12. The molecule has 0 aliphatic carbocycles. The Morgan fingerprint density at radius 3 is 2.46 bits per heavy atom. The van der Waals surface area contributed by atoms with Crippen LogP contribution < -0.4 is 9.47 Å². The Balaban J connectivity index is 1.50. The lowest BCUT2D eigenvalue weighted by atomic mass is 9.92. The van der Waals surface area contributed by atoms with Crippen molar-refractivity contribution >= 4 is 5.91 Å². The Morgan fingerprint density at radius 2 is 1.77 bits per heavy atom. The molecule has 138 valence electrons. The van der Waals surface area contributed by atoms with Crippen LogP contribution in [0.5, 0.6) is 11.5 Å². The van der Waals surface area contributed by atoms with Crippen LogP contribution in [0.15, 0.2) is 54.6 Å². The molecule has 0 unspecified atom stereocenters. The third kappa shape index (κ3) is 4.76. The number of para-hydroxylation sites is 1. The van der Waals surface area contributed by atoms with E-state index in [2.05, 4.69) is 0 Å². The minimum atomic E-state index is -0.886. The summed E-state index contributed by atoms with van der Waals surface area (Å²) in [6.45, 7) is 1.32. The molecule has 1 aliphatic rings. The number of nitrogens with zero attached hydrogens (tertiary/aromatic N) is 1. The molecule has 5 nitrogen and oxygen atoms in total. The summed E-state index contributed by atoms with van der Waals surface area (Å²) in [6, 6.07) is 17.0. The summed E-state index contributed by atoms with van der Waals surface area (Å²) in [7, 11) is 1.62. The van der Waals surface area contributed by atoms with E-state index in [1.165, 1.54) is 0 Å². The molecule has 1 N–H and O–H groups in total. The van der Waals surface area contributed by atoms with Gasteiger partial charge in [-0.1, -0.05) is 30.3 Å². The van der Waals surface area contributed by atoms with E-state index in [-0.39, 0.29) is 12.5 Å². The van der Waals surface area contributed by atoms with E-state index in [1.807, 2.05) is 59.5 Å². The summed E-state index contributed by atoms with van der Waals surface area (Å²) in [4.78, 5) is 14.3. The largest absolute Gasteiger partial charge is 0.497 e. The van der Waals surface area contributed by atoms with Gasteiger partial charge < -0.3 is 19.5 Å². The maximum atomic E-state index is 12.5. The van der Waals surface area contributed by atoms with Crippen molar-refractivity contribution in [1.29, 1.82) is 0 Å². The lowest BCUT2D eigenvalue weighted by Gasteiger charge is -2.38. The number of amides is 1. The lowest BCUT2D eigenvalue weighted by Crippen LogP contribution is -2.49. The average molecular weight is 355 g/mol. The van der Waals surface area contributed by atoms with Gasteiger partial charge in [0.2, 0.25) is 5.91 Å². The molecule has 0 bridgehead atoms. The van der Waals surface area contributed by atoms with Gasteiger partial charge in [0.1, 0.15) is 23.7 Å². The van der Waals surface area contributed by atoms with Crippen LogP contribution in [0.1, 0.15) is 18.4 Å². The van der Waals surface area contributed by atoms with Crippen LogP contribution in [-0.4, -0.2) is 48.3 Å². The van der Waals surface area contributed by atoms with E-state index < -0.39 is 5.60 Å². The van der Waals surface area contributed by atoms with E-state index in [0.717, 1.165) is 17.1 Å². The third-order valence-corrected chi connectivity index (χ3v) is 4.79. The average Bonchev–Trinajstić information content (AvgIpc) is 2.68. The monoisotopic (exact) mass is 355 g/mol. The molecular weight excluding hydrogens is 330 g/mol. The van der Waals surface area contributed by atoms with Gasteiger partial charge in [0.15, 0.2) is 0 Å². The Kier molecular flexibility index (Phi) is 5.78. The van der Waals surface area contributed by atoms with Crippen molar-refractivity contribution < 1.29 is 19.4 Å². The van der Waals surface area contributed by atoms with Gasteiger partial charge in [0.25, 0.3) is 0 Å². The third-order valence-electron chi connectivity index (χ3n) is 4.79. The molecule has 1 aliphatic heterocycles. The highest BCUT2D eigenvalue weighted by atomic mass is 16.5. The topological polar surface area (TPSA) is 59.0 Å². The minimum Gasteiger partial charge on any atom is -0.497 e. The van der Waals surface area contributed by atoms with Gasteiger partial charge in [0.05, 0.1) is 13.5 Å². The van der Waals surface area contributed by atoms with Crippen LogP contribution in [0.4, 0.5) is 0 Å². The number of methoxy groups -OCH3 is 1. The molecule has 1 saturated heterocycles. The van der Waals surface area contributed by atoms with Crippen molar-refractivity contribution in [3.05, 3.63) is 60.2 Å². The molecular formula is C21H25NO4. The second-order valence-corrected chi connectivity index (χ2v) is 6.74. The van der Waals surface area contributed by atoms with Gasteiger partial charge in [-0.15, -0.1) is 0 Å². The number of rotatable bonds is 6. The predicted molar refractivity (Wildman–Crippen MR) is 99.4 cm³/mol. The number of hydrogen-bond acceptors (Lipinski definition) is 4. The second-order valence-electron chi connectivity index (χ2n) is 6.74. The molecule has 0 aromatic heterocycles. The zero-order valence-electron chi connectivity index (χ0n) is 15.1. The Morgan fingerprint density at radius 1 is 1.08 bits per heavy atom. The molecule has 2 aromatic rings. The number of aliphatic hydroxyl groups is 1. The summed E-state index contributed by atoms with van der Waals surface area (Å²) < 4.78 is 10.9. The number of likely N-dealkylation sites (tertiary alicyclic amines) is 1. The molecule has 1 fully saturated rings. The first-order valence-electron chi connectivity index (χ1n) is 8.89. The first-order chi connectivity index (χ1) is 12.6. The van der Waals surface area contributed by atoms with Crippen molar-refractivity contribution in [2.45, 2.75) is 24.9 Å². The molecule has 0 saturated carbocycles. The van der Waals surface area contributed by atoms with Crippen LogP contribution in [0.3, 0.4) is 0 Å². The number of benzene rings is 2. The van der Waals surface area contributed by atoms with Gasteiger partial charge in [0, 0.05) is 13.1 Å². The number of carbonyl (C=O) groups excluding carboxylic acids is 1. The van der Waals surface area contributed by atoms with Crippen molar-refractivity contribution in [3.63, 3.8) is 0 Å². The van der Waals surface area contributed by atoms with Crippen LogP contribution >= 0.6 is 0 Å². The van der Waals surface area contributed by atoms with Gasteiger partial charge in [-0.3, -0.25) is 4.79 Å². The maximum Gasteiger partial charge on any atom is 0.226 e. The molecule has 1 heterocycles. The molecule has 5 heteroatoms. The van der Waals surface area contributed by atoms with Gasteiger partial charge in [-0.25, -0.2) is 0 Å². The van der Waals surface area contributed by atoms with Gasteiger partial charge in [-0.05, 0) is 42.7 Å². The summed E-state index contributed by atoms with van der Waals surface area (Å²) in [5.41, 5.74) is 0.0466. The lowest BCUT2D eigenvalue weighted by molar-refractivity contribution is -0.135. The van der Waals surface area contributed by atoms with Gasteiger partial charge >= 0.3 is 0 Å². The first-order valence-corrected chi connectivity index (χ1v) is 8.89. The van der Waals surface area contributed by atoms with E-state index in [0.29, 0.717) is 32.4 Å². The molecule has 1 amide bonds. The Bertz CT molecular complexity index is 724. The number of carbonyl (C=O) groups is 1. The smallest absolute Gasteiger partial charge is 0.226 e. The molecule has 2 aromatic carbocycles. The fraction of sp³-hybridized carbons (Fsp3) is 0.381. The fourth-order valence-electron chi connectivity index (χ4n) is 3.12. The summed E-state index contributed by atoms with van der Waals surface area (Å²) in [5, 5.41) is 10.7. The normalized spacial score (nSPS) is 16.2. The Labute approximate surface area is 154 Å². The quantitative estimate of drug-likeness (QED) is 0.865. The summed E-state index contributed by atoms with van der Waals surface area (Å²) in [6.07, 6.45) is 1.38. The van der Waals surface area contributed by atoms with Crippen LogP contribution in [0.2, 0.25) is 0 Å². The minimum absolute atomic E-state index is 0.0734. The van der Waals surface area contributed by atoms with E-state index >= 15 is 0 Å². The first kappa shape index (κ1) is 18.3. The highest BCUT2D eigenvalue weighted by Gasteiger charge is 2.34. The van der Waals surface area contributed by atoms with Crippen molar-refractivity contribution in [1.82, 2.24) is 4.90 Å². The van der Waals surface area contributed by atoms with Crippen molar-refractivity contribution in [2.75, 3.05) is 26.8 Å². The van der Waals surface area contributed by atoms with E-state index in [1.54, 1.807) is 7.11 Å². The van der Waals surface area contributed by atoms with Crippen molar-refractivity contribution in [2.24, 2.45) is 0 Å². The molecule has 26 heavy (non-hydrogen) atoms.